The zero-order valence-electron chi connectivity index (χ0n) is 13.9. The molecule has 0 saturated carbocycles. The highest BCUT2D eigenvalue weighted by molar-refractivity contribution is 6.05. The van der Waals surface area contributed by atoms with Gasteiger partial charge in [0.15, 0.2) is 5.65 Å². The number of aromatic nitrogens is 5. The molecule has 1 aromatic carbocycles. The van der Waals surface area contributed by atoms with E-state index in [4.69, 9.17) is 10.8 Å². The summed E-state index contributed by atoms with van der Waals surface area (Å²) in [5.74, 6) is 0.436. The number of fused-ring (bicyclic) bond motifs is 2. The van der Waals surface area contributed by atoms with Crippen LogP contribution in [0.2, 0.25) is 0 Å². The number of nitrogens with zero attached hydrogens (tertiary/aromatic N) is 5. The van der Waals surface area contributed by atoms with Gasteiger partial charge in [0.2, 0.25) is 0 Å². The maximum Gasteiger partial charge on any atom is 0.164 e. The number of rotatable bonds is 1. The van der Waals surface area contributed by atoms with Gasteiger partial charge in [0.25, 0.3) is 0 Å². The predicted octanol–water partition coefficient (Wildman–Crippen LogP) is 3.38. The van der Waals surface area contributed by atoms with Crippen molar-refractivity contribution in [2.75, 3.05) is 5.73 Å². The van der Waals surface area contributed by atoms with Gasteiger partial charge < -0.3 is 5.73 Å². The molecule has 3 aromatic heterocycles. The molecule has 4 aromatic rings. The van der Waals surface area contributed by atoms with Crippen molar-refractivity contribution < 1.29 is 0 Å². The number of anilines is 1. The number of hydrogen-bond donors (Lipinski definition) is 1. The minimum Gasteiger partial charge on any atom is -0.383 e. The van der Waals surface area contributed by atoms with E-state index in [9.17, 15) is 0 Å². The molecule has 24 heavy (non-hydrogen) atoms. The van der Waals surface area contributed by atoms with Crippen LogP contribution in [-0.2, 0) is 5.54 Å². The molecule has 0 aliphatic carbocycles. The summed E-state index contributed by atoms with van der Waals surface area (Å²) in [6.45, 7) is 6.27. The van der Waals surface area contributed by atoms with E-state index >= 15 is 0 Å². The van der Waals surface area contributed by atoms with Crippen LogP contribution in [0.4, 0.5) is 5.82 Å². The van der Waals surface area contributed by atoms with Crippen molar-refractivity contribution in [2.24, 2.45) is 0 Å². The average molecular weight is 318 g/mol. The first kappa shape index (κ1) is 14.6. The summed E-state index contributed by atoms with van der Waals surface area (Å²) < 4.78 is 1.91. The molecule has 0 amide bonds. The van der Waals surface area contributed by atoms with Crippen molar-refractivity contribution in [1.29, 1.82) is 0 Å². The minimum atomic E-state index is -0.222. The summed E-state index contributed by atoms with van der Waals surface area (Å²) in [6.07, 6.45) is 3.27. The van der Waals surface area contributed by atoms with Crippen molar-refractivity contribution >= 4 is 27.8 Å². The van der Waals surface area contributed by atoms with Gasteiger partial charge in [0, 0.05) is 17.1 Å². The Hall–Kier alpha value is -3.02. The van der Waals surface area contributed by atoms with Crippen molar-refractivity contribution in [3.8, 4) is 11.3 Å². The Kier molecular flexibility index (Phi) is 3.03. The molecule has 0 saturated heterocycles. The SMILES string of the molecule is CC(C)(C)n1nc(-c2cccc3ncccc23)c2c(N)ncnc21. The van der Waals surface area contributed by atoms with Crippen molar-refractivity contribution in [1.82, 2.24) is 24.7 Å². The van der Waals surface area contributed by atoms with E-state index in [0.29, 0.717) is 5.82 Å². The summed E-state index contributed by atoms with van der Waals surface area (Å²) in [7, 11) is 0. The topological polar surface area (TPSA) is 82.5 Å². The number of nitrogens with two attached hydrogens (primary N) is 1. The van der Waals surface area contributed by atoms with Gasteiger partial charge in [0.05, 0.1) is 16.4 Å². The highest BCUT2D eigenvalue weighted by Crippen LogP contribution is 2.35. The third-order valence-electron chi connectivity index (χ3n) is 4.03. The van der Waals surface area contributed by atoms with Gasteiger partial charge in [-0.25, -0.2) is 14.6 Å². The lowest BCUT2D eigenvalue weighted by Crippen LogP contribution is -2.23. The Bertz CT molecular complexity index is 1050. The summed E-state index contributed by atoms with van der Waals surface area (Å²) in [5.41, 5.74) is 9.38. The molecule has 0 aliphatic heterocycles. The molecule has 0 spiro atoms. The van der Waals surface area contributed by atoms with E-state index < -0.39 is 0 Å². The fourth-order valence-electron chi connectivity index (χ4n) is 2.94. The zero-order valence-corrected chi connectivity index (χ0v) is 13.9. The van der Waals surface area contributed by atoms with Crippen LogP contribution in [0.15, 0.2) is 42.9 Å². The smallest absolute Gasteiger partial charge is 0.164 e. The monoisotopic (exact) mass is 318 g/mol. The minimum absolute atomic E-state index is 0.222. The fraction of sp³-hybridized carbons (Fsp3) is 0.222. The second-order valence-electron chi connectivity index (χ2n) is 6.76. The van der Waals surface area contributed by atoms with E-state index in [1.807, 2.05) is 35.0 Å². The number of hydrogen-bond acceptors (Lipinski definition) is 5. The Morgan fingerprint density at radius 2 is 1.83 bits per heavy atom. The molecule has 6 heteroatoms. The van der Waals surface area contributed by atoms with E-state index in [1.54, 1.807) is 6.20 Å². The first-order valence-corrected chi connectivity index (χ1v) is 7.80. The van der Waals surface area contributed by atoms with Crippen molar-refractivity contribution in [3.05, 3.63) is 42.9 Å². The maximum absolute atomic E-state index is 6.17. The Morgan fingerprint density at radius 1 is 1.00 bits per heavy atom. The highest BCUT2D eigenvalue weighted by Gasteiger charge is 2.24. The van der Waals surface area contributed by atoms with Gasteiger partial charge in [-0.3, -0.25) is 4.98 Å². The van der Waals surface area contributed by atoms with E-state index in [0.717, 1.165) is 33.2 Å². The van der Waals surface area contributed by atoms with Gasteiger partial charge in [-0.15, -0.1) is 0 Å². The quantitative estimate of drug-likeness (QED) is 0.582. The maximum atomic E-state index is 6.17. The molecule has 120 valence electrons. The molecule has 3 heterocycles. The van der Waals surface area contributed by atoms with Crippen LogP contribution < -0.4 is 5.73 Å². The van der Waals surface area contributed by atoms with Gasteiger partial charge in [-0.05, 0) is 32.9 Å². The molecule has 0 atom stereocenters. The van der Waals surface area contributed by atoms with Gasteiger partial charge in [-0.1, -0.05) is 18.2 Å². The van der Waals surface area contributed by atoms with Crippen LogP contribution in [0.5, 0.6) is 0 Å². The van der Waals surface area contributed by atoms with Crippen LogP contribution in [-0.4, -0.2) is 24.7 Å². The molecule has 0 unspecified atom stereocenters. The zero-order chi connectivity index (χ0) is 16.9. The lowest BCUT2D eigenvalue weighted by molar-refractivity contribution is 0.367. The summed E-state index contributed by atoms with van der Waals surface area (Å²) in [4.78, 5) is 13.0. The Labute approximate surface area is 139 Å². The van der Waals surface area contributed by atoms with E-state index in [-0.39, 0.29) is 5.54 Å². The van der Waals surface area contributed by atoms with Crippen LogP contribution in [0.3, 0.4) is 0 Å². The van der Waals surface area contributed by atoms with Crippen LogP contribution >= 0.6 is 0 Å². The van der Waals surface area contributed by atoms with Crippen LogP contribution in [0.1, 0.15) is 20.8 Å². The molecular formula is C18H18N6. The Balaban J connectivity index is 2.14. The fourth-order valence-corrected chi connectivity index (χ4v) is 2.94. The molecule has 0 radical (unpaired) electrons. The van der Waals surface area contributed by atoms with E-state index in [2.05, 4.69) is 35.7 Å². The third-order valence-corrected chi connectivity index (χ3v) is 4.03. The summed E-state index contributed by atoms with van der Waals surface area (Å²) >= 11 is 0. The third kappa shape index (κ3) is 2.11. The van der Waals surface area contributed by atoms with Crippen molar-refractivity contribution in [3.63, 3.8) is 0 Å². The van der Waals surface area contributed by atoms with E-state index in [1.165, 1.54) is 6.33 Å². The van der Waals surface area contributed by atoms with Crippen molar-refractivity contribution in [2.45, 2.75) is 26.3 Å². The lowest BCUT2D eigenvalue weighted by Gasteiger charge is -2.19. The normalized spacial score (nSPS) is 12.1. The first-order chi connectivity index (χ1) is 11.5. The van der Waals surface area contributed by atoms with Gasteiger partial charge >= 0.3 is 0 Å². The molecule has 4 rings (SSSR count). The molecule has 2 N–H and O–H groups in total. The summed E-state index contributed by atoms with van der Waals surface area (Å²) in [5, 5.41) is 6.66. The second-order valence-corrected chi connectivity index (χ2v) is 6.76. The summed E-state index contributed by atoms with van der Waals surface area (Å²) in [6, 6.07) is 9.97. The van der Waals surface area contributed by atoms with Crippen LogP contribution in [0.25, 0.3) is 33.2 Å². The number of pyridine rings is 1. The average Bonchev–Trinajstić information content (AvgIpc) is 2.95. The van der Waals surface area contributed by atoms with Crippen LogP contribution in [0, 0.1) is 0 Å². The second kappa shape index (κ2) is 4.99. The Morgan fingerprint density at radius 3 is 2.62 bits per heavy atom. The number of benzene rings is 1. The largest absolute Gasteiger partial charge is 0.383 e. The predicted molar refractivity (Wildman–Crippen MR) is 95.5 cm³/mol. The molecular weight excluding hydrogens is 300 g/mol. The molecule has 6 nitrogen and oxygen atoms in total. The molecule has 0 fully saturated rings. The lowest BCUT2D eigenvalue weighted by atomic mass is 10.0. The van der Waals surface area contributed by atoms with Gasteiger partial charge in [-0.2, -0.15) is 5.10 Å². The number of nitrogen functional groups attached to an aromatic ring is 1. The molecule has 0 bridgehead atoms. The first-order valence-electron chi connectivity index (χ1n) is 7.80. The molecule has 0 aliphatic rings. The van der Waals surface area contributed by atoms with Gasteiger partial charge in [0.1, 0.15) is 17.8 Å². The standard InChI is InChI=1S/C18H18N6/c1-18(2,3)24-17-14(16(19)21-10-22-17)15(23-24)12-6-4-8-13-11(12)7-5-9-20-13/h4-10H,1-3H3,(H2,19,21,22). The highest BCUT2D eigenvalue weighted by atomic mass is 15.3.